The number of anilines is 1. The van der Waals surface area contributed by atoms with E-state index in [9.17, 15) is 0 Å². The number of rotatable bonds is 4. The van der Waals surface area contributed by atoms with Gasteiger partial charge in [0.05, 0.1) is 25.4 Å². The van der Waals surface area contributed by atoms with Gasteiger partial charge in [0, 0.05) is 24.5 Å². The molecular formula is C19H23N3O2. The minimum absolute atomic E-state index is 0.276. The van der Waals surface area contributed by atoms with Gasteiger partial charge in [0.1, 0.15) is 5.82 Å². The SMILES string of the molecule is Cc1cccc(N2CCO[C@@H]3C[C@@H](COc4ccccn4)C[C@@H]32)n1. The maximum Gasteiger partial charge on any atom is 0.213 e. The van der Waals surface area contributed by atoms with Gasteiger partial charge in [-0.2, -0.15) is 0 Å². The molecule has 1 saturated carbocycles. The van der Waals surface area contributed by atoms with Crippen molar-refractivity contribution in [2.75, 3.05) is 24.7 Å². The van der Waals surface area contributed by atoms with Crippen LogP contribution < -0.4 is 9.64 Å². The molecule has 0 unspecified atom stereocenters. The third-order valence-corrected chi connectivity index (χ3v) is 4.91. The quantitative estimate of drug-likeness (QED) is 0.865. The van der Waals surface area contributed by atoms with Gasteiger partial charge in [0.25, 0.3) is 0 Å². The van der Waals surface area contributed by atoms with Gasteiger partial charge in [-0.1, -0.05) is 12.1 Å². The van der Waals surface area contributed by atoms with E-state index in [4.69, 9.17) is 14.5 Å². The predicted octanol–water partition coefficient (Wildman–Crippen LogP) is 2.85. The second-order valence-corrected chi connectivity index (χ2v) is 6.62. The van der Waals surface area contributed by atoms with Gasteiger partial charge < -0.3 is 14.4 Å². The van der Waals surface area contributed by atoms with E-state index in [1.54, 1.807) is 6.20 Å². The van der Waals surface area contributed by atoms with Crippen molar-refractivity contribution in [1.82, 2.24) is 9.97 Å². The fourth-order valence-electron chi connectivity index (χ4n) is 3.80. The van der Waals surface area contributed by atoms with Crippen LogP contribution in [0.15, 0.2) is 42.6 Å². The van der Waals surface area contributed by atoms with Gasteiger partial charge in [0.2, 0.25) is 5.88 Å². The Bertz CT molecular complexity index is 679. The second kappa shape index (κ2) is 6.77. The molecule has 0 amide bonds. The third kappa shape index (κ3) is 3.22. The highest BCUT2D eigenvalue weighted by Gasteiger charge is 2.41. The highest BCUT2D eigenvalue weighted by atomic mass is 16.5. The summed E-state index contributed by atoms with van der Waals surface area (Å²) in [5.74, 6) is 2.26. The van der Waals surface area contributed by atoms with E-state index in [0.29, 0.717) is 24.4 Å². The summed E-state index contributed by atoms with van der Waals surface area (Å²) in [6, 6.07) is 12.4. The molecule has 24 heavy (non-hydrogen) atoms. The first-order valence-corrected chi connectivity index (χ1v) is 8.65. The molecule has 4 rings (SSSR count). The van der Waals surface area contributed by atoms with Crippen molar-refractivity contribution in [3.05, 3.63) is 48.3 Å². The molecule has 5 heteroatoms. The van der Waals surface area contributed by atoms with E-state index < -0.39 is 0 Å². The average Bonchev–Trinajstić information content (AvgIpc) is 3.04. The van der Waals surface area contributed by atoms with Crippen LogP contribution in [-0.2, 0) is 4.74 Å². The fraction of sp³-hybridized carbons (Fsp3) is 0.474. The summed E-state index contributed by atoms with van der Waals surface area (Å²) in [4.78, 5) is 11.4. The van der Waals surface area contributed by atoms with Crippen molar-refractivity contribution in [2.45, 2.75) is 31.9 Å². The van der Waals surface area contributed by atoms with E-state index in [2.05, 4.69) is 22.0 Å². The summed E-state index contributed by atoms with van der Waals surface area (Å²) in [6.07, 6.45) is 4.16. The van der Waals surface area contributed by atoms with Gasteiger partial charge >= 0.3 is 0 Å². The number of aromatic nitrogens is 2. The number of pyridine rings is 2. The molecule has 1 aliphatic carbocycles. The first kappa shape index (κ1) is 15.4. The Hall–Kier alpha value is -2.14. The molecule has 3 heterocycles. The monoisotopic (exact) mass is 325 g/mol. The van der Waals surface area contributed by atoms with Crippen LogP contribution in [-0.4, -0.2) is 41.9 Å². The number of nitrogens with zero attached hydrogens (tertiary/aromatic N) is 3. The summed E-state index contributed by atoms with van der Waals surface area (Å²) in [5.41, 5.74) is 1.06. The molecule has 5 nitrogen and oxygen atoms in total. The Morgan fingerprint density at radius 1 is 1.21 bits per heavy atom. The van der Waals surface area contributed by atoms with Crippen molar-refractivity contribution >= 4 is 5.82 Å². The second-order valence-electron chi connectivity index (χ2n) is 6.62. The van der Waals surface area contributed by atoms with Crippen LogP contribution in [0.1, 0.15) is 18.5 Å². The van der Waals surface area contributed by atoms with Crippen LogP contribution in [0.4, 0.5) is 5.82 Å². The Kier molecular flexibility index (Phi) is 4.34. The van der Waals surface area contributed by atoms with E-state index >= 15 is 0 Å². The number of hydrogen-bond acceptors (Lipinski definition) is 5. The van der Waals surface area contributed by atoms with Crippen LogP contribution in [0, 0.1) is 12.8 Å². The van der Waals surface area contributed by atoms with Crippen LogP contribution in [0.3, 0.4) is 0 Å². The summed E-state index contributed by atoms with van der Waals surface area (Å²) in [7, 11) is 0. The molecule has 2 aromatic heterocycles. The zero-order valence-corrected chi connectivity index (χ0v) is 14.0. The summed E-state index contributed by atoms with van der Waals surface area (Å²) < 4.78 is 11.9. The molecule has 0 spiro atoms. The first-order valence-electron chi connectivity index (χ1n) is 8.65. The summed E-state index contributed by atoms with van der Waals surface area (Å²) >= 11 is 0. The van der Waals surface area contributed by atoms with Crippen LogP contribution in [0.2, 0.25) is 0 Å². The highest BCUT2D eigenvalue weighted by Crippen LogP contribution is 2.36. The number of fused-ring (bicyclic) bond motifs is 1. The Labute approximate surface area is 142 Å². The number of ether oxygens (including phenoxy) is 2. The van der Waals surface area contributed by atoms with Gasteiger partial charge in [0.15, 0.2) is 0 Å². The lowest BCUT2D eigenvalue weighted by Crippen LogP contribution is -2.49. The molecule has 0 radical (unpaired) electrons. The largest absolute Gasteiger partial charge is 0.477 e. The number of hydrogen-bond donors (Lipinski definition) is 0. The lowest BCUT2D eigenvalue weighted by molar-refractivity contribution is 0.0230. The maximum absolute atomic E-state index is 6.03. The fourth-order valence-corrected chi connectivity index (χ4v) is 3.80. The van der Waals surface area contributed by atoms with Crippen molar-refractivity contribution in [3.8, 4) is 5.88 Å². The predicted molar refractivity (Wildman–Crippen MR) is 92.3 cm³/mol. The van der Waals surface area contributed by atoms with Crippen molar-refractivity contribution in [1.29, 1.82) is 0 Å². The maximum atomic E-state index is 6.03. The molecule has 0 bridgehead atoms. The zero-order chi connectivity index (χ0) is 16.4. The van der Waals surface area contributed by atoms with Gasteiger partial charge in [-0.15, -0.1) is 0 Å². The van der Waals surface area contributed by atoms with E-state index in [1.165, 1.54) is 0 Å². The van der Waals surface area contributed by atoms with Gasteiger partial charge in [-0.05, 0) is 43.9 Å². The summed E-state index contributed by atoms with van der Waals surface area (Å²) in [5, 5.41) is 0. The molecule has 0 N–H and O–H groups in total. The Balaban J connectivity index is 1.42. The number of aryl methyl sites for hydroxylation is 1. The lowest BCUT2D eigenvalue weighted by atomic mass is 10.1. The van der Waals surface area contributed by atoms with E-state index in [1.807, 2.05) is 31.2 Å². The minimum atomic E-state index is 0.276. The van der Waals surface area contributed by atoms with E-state index in [-0.39, 0.29) is 6.10 Å². The topological polar surface area (TPSA) is 47.5 Å². The Morgan fingerprint density at radius 2 is 2.17 bits per heavy atom. The smallest absolute Gasteiger partial charge is 0.213 e. The molecule has 2 fully saturated rings. The molecule has 2 aromatic rings. The average molecular weight is 325 g/mol. The van der Waals surface area contributed by atoms with Crippen LogP contribution in [0.25, 0.3) is 0 Å². The normalized spacial score (nSPS) is 26.2. The minimum Gasteiger partial charge on any atom is -0.477 e. The van der Waals surface area contributed by atoms with Gasteiger partial charge in [-0.3, -0.25) is 0 Å². The standard InChI is InChI=1S/C19H23N3O2/c1-14-5-4-6-18(21-14)22-9-10-23-17-12-15(11-16(17)22)13-24-19-7-2-3-8-20-19/h2-8,15-17H,9-13H2,1H3/t15-,16-,17+/m0/s1. The number of morpholine rings is 1. The van der Waals surface area contributed by atoms with Crippen molar-refractivity contribution in [2.24, 2.45) is 5.92 Å². The highest BCUT2D eigenvalue weighted by molar-refractivity contribution is 5.42. The Morgan fingerprint density at radius 3 is 3.00 bits per heavy atom. The molecular weight excluding hydrogens is 302 g/mol. The third-order valence-electron chi connectivity index (χ3n) is 4.91. The van der Waals surface area contributed by atoms with Crippen molar-refractivity contribution in [3.63, 3.8) is 0 Å². The molecule has 0 aromatic carbocycles. The lowest BCUT2D eigenvalue weighted by Gasteiger charge is -2.38. The van der Waals surface area contributed by atoms with Gasteiger partial charge in [-0.25, -0.2) is 9.97 Å². The first-order chi connectivity index (χ1) is 11.8. The summed E-state index contributed by atoms with van der Waals surface area (Å²) in [6.45, 7) is 4.41. The molecule has 3 atom stereocenters. The zero-order valence-electron chi connectivity index (χ0n) is 14.0. The molecule has 1 saturated heterocycles. The van der Waals surface area contributed by atoms with Crippen molar-refractivity contribution < 1.29 is 9.47 Å². The molecule has 1 aliphatic heterocycles. The van der Waals surface area contributed by atoms with E-state index in [0.717, 1.165) is 37.5 Å². The van der Waals surface area contributed by atoms with Crippen LogP contribution in [0.5, 0.6) is 5.88 Å². The van der Waals surface area contributed by atoms with Crippen LogP contribution >= 0.6 is 0 Å². The molecule has 2 aliphatic rings. The molecule has 126 valence electrons.